The van der Waals surface area contributed by atoms with Gasteiger partial charge in [-0.15, -0.1) is 0 Å². The van der Waals surface area contributed by atoms with Crippen molar-refractivity contribution in [3.05, 3.63) is 72.8 Å². The summed E-state index contributed by atoms with van der Waals surface area (Å²) in [6, 6.07) is 23.7. The van der Waals surface area contributed by atoms with Gasteiger partial charge in [0.05, 0.1) is 11.0 Å². The van der Waals surface area contributed by atoms with Crippen molar-refractivity contribution in [2.45, 2.75) is 0 Å². The summed E-state index contributed by atoms with van der Waals surface area (Å²) >= 11 is 0. The van der Waals surface area contributed by atoms with E-state index in [2.05, 4.69) is 4.98 Å². The third kappa shape index (κ3) is 1.93. The van der Waals surface area contributed by atoms with E-state index in [1.807, 2.05) is 72.8 Å². The Balaban J connectivity index is 2.04. The Morgan fingerprint density at radius 1 is 0.714 bits per heavy atom. The third-order valence-corrected chi connectivity index (χ3v) is 3.76. The van der Waals surface area contributed by atoms with Crippen LogP contribution < -0.4 is 0 Å². The standard InChI is InChI=1S/C19H13NO/c21-19-15(13-6-2-1-3-7-13)10-11-18-16(19)12-14-8-4-5-9-17(14)20-18/h1-12,21H. The van der Waals surface area contributed by atoms with Gasteiger partial charge in [0.25, 0.3) is 0 Å². The van der Waals surface area contributed by atoms with Gasteiger partial charge in [0.2, 0.25) is 0 Å². The van der Waals surface area contributed by atoms with E-state index in [1.165, 1.54) is 0 Å². The number of phenols is 1. The van der Waals surface area contributed by atoms with E-state index in [0.29, 0.717) is 0 Å². The highest BCUT2D eigenvalue weighted by Gasteiger charge is 2.10. The zero-order chi connectivity index (χ0) is 14.2. The second-order valence-corrected chi connectivity index (χ2v) is 5.08. The number of nitrogens with zero attached hydrogens (tertiary/aromatic N) is 1. The largest absolute Gasteiger partial charge is 0.507 e. The lowest BCUT2D eigenvalue weighted by Crippen LogP contribution is -1.85. The van der Waals surface area contributed by atoms with Crippen LogP contribution in [0.1, 0.15) is 0 Å². The van der Waals surface area contributed by atoms with Crippen LogP contribution >= 0.6 is 0 Å². The molecule has 0 aliphatic heterocycles. The summed E-state index contributed by atoms with van der Waals surface area (Å²) < 4.78 is 0. The molecule has 100 valence electrons. The molecule has 0 bridgehead atoms. The molecule has 0 fully saturated rings. The van der Waals surface area contributed by atoms with Gasteiger partial charge in [-0.1, -0.05) is 48.5 Å². The second-order valence-electron chi connectivity index (χ2n) is 5.08. The first-order valence-electron chi connectivity index (χ1n) is 6.90. The maximum absolute atomic E-state index is 10.6. The van der Waals surface area contributed by atoms with Crippen molar-refractivity contribution in [3.63, 3.8) is 0 Å². The van der Waals surface area contributed by atoms with E-state index in [0.717, 1.165) is 32.9 Å². The lowest BCUT2D eigenvalue weighted by molar-refractivity contribution is 0.483. The predicted octanol–water partition coefficient (Wildman–Crippen LogP) is 4.76. The van der Waals surface area contributed by atoms with Gasteiger partial charge in [0, 0.05) is 16.3 Å². The number of hydrogen-bond acceptors (Lipinski definition) is 2. The van der Waals surface area contributed by atoms with Crippen LogP contribution in [0.2, 0.25) is 0 Å². The van der Waals surface area contributed by atoms with Crippen molar-refractivity contribution in [2.75, 3.05) is 0 Å². The molecule has 0 aliphatic carbocycles. The molecule has 3 aromatic carbocycles. The average Bonchev–Trinajstić information content (AvgIpc) is 2.55. The third-order valence-electron chi connectivity index (χ3n) is 3.76. The number of hydrogen-bond donors (Lipinski definition) is 1. The first-order valence-corrected chi connectivity index (χ1v) is 6.90. The van der Waals surface area contributed by atoms with Crippen LogP contribution in [0.5, 0.6) is 5.75 Å². The maximum Gasteiger partial charge on any atom is 0.132 e. The Morgan fingerprint density at radius 2 is 1.48 bits per heavy atom. The van der Waals surface area contributed by atoms with Crippen molar-refractivity contribution in [3.8, 4) is 16.9 Å². The van der Waals surface area contributed by atoms with Gasteiger partial charge in [-0.2, -0.15) is 0 Å². The molecule has 0 atom stereocenters. The highest BCUT2D eigenvalue weighted by molar-refractivity contribution is 5.99. The summed E-state index contributed by atoms with van der Waals surface area (Å²) in [5.74, 6) is 0.289. The van der Waals surface area contributed by atoms with Crippen LogP contribution in [0.15, 0.2) is 72.8 Å². The van der Waals surface area contributed by atoms with Crippen molar-refractivity contribution >= 4 is 21.8 Å². The minimum atomic E-state index is 0.289. The Hall–Kier alpha value is -2.87. The van der Waals surface area contributed by atoms with E-state index in [-0.39, 0.29) is 5.75 Å². The molecule has 4 aromatic rings. The Kier molecular flexibility index (Phi) is 2.61. The zero-order valence-corrected chi connectivity index (χ0v) is 11.3. The van der Waals surface area contributed by atoms with E-state index in [4.69, 9.17) is 0 Å². The summed E-state index contributed by atoms with van der Waals surface area (Å²) in [5.41, 5.74) is 3.59. The molecular weight excluding hydrogens is 258 g/mol. The number of rotatable bonds is 1. The normalized spacial score (nSPS) is 11.0. The fourth-order valence-corrected chi connectivity index (χ4v) is 2.68. The molecule has 0 aliphatic rings. The van der Waals surface area contributed by atoms with Crippen LogP contribution in [0, 0.1) is 0 Å². The van der Waals surface area contributed by atoms with Crippen LogP contribution in [-0.4, -0.2) is 10.1 Å². The minimum Gasteiger partial charge on any atom is -0.507 e. The summed E-state index contributed by atoms with van der Waals surface area (Å²) in [6.07, 6.45) is 0. The van der Waals surface area contributed by atoms with Gasteiger partial charge in [-0.3, -0.25) is 0 Å². The molecule has 0 saturated carbocycles. The number of aromatic hydroxyl groups is 1. The molecule has 1 heterocycles. The predicted molar refractivity (Wildman–Crippen MR) is 86.3 cm³/mol. The number of pyridine rings is 1. The molecular formula is C19H13NO. The molecule has 2 heteroatoms. The van der Waals surface area contributed by atoms with Crippen molar-refractivity contribution < 1.29 is 5.11 Å². The number of aromatic nitrogens is 1. The fraction of sp³-hybridized carbons (Fsp3) is 0. The summed E-state index contributed by atoms with van der Waals surface area (Å²) in [4.78, 5) is 4.61. The van der Waals surface area contributed by atoms with Gasteiger partial charge in [0.15, 0.2) is 0 Å². The Bertz CT molecular complexity index is 945. The van der Waals surface area contributed by atoms with E-state index in [9.17, 15) is 5.11 Å². The molecule has 4 rings (SSSR count). The summed E-state index contributed by atoms with van der Waals surface area (Å²) in [5, 5.41) is 12.4. The molecule has 0 amide bonds. The second kappa shape index (κ2) is 4.60. The topological polar surface area (TPSA) is 33.1 Å². The van der Waals surface area contributed by atoms with E-state index in [1.54, 1.807) is 0 Å². The lowest BCUT2D eigenvalue weighted by Gasteiger charge is -2.09. The molecule has 1 aromatic heterocycles. The molecule has 0 saturated heterocycles. The van der Waals surface area contributed by atoms with Gasteiger partial charge in [0.1, 0.15) is 5.75 Å². The molecule has 0 unspecified atom stereocenters. The van der Waals surface area contributed by atoms with Gasteiger partial charge in [-0.05, 0) is 29.8 Å². The number of phenolic OH excluding ortho intramolecular Hbond substituents is 1. The van der Waals surface area contributed by atoms with Crippen molar-refractivity contribution in [1.82, 2.24) is 4.98 Å². The van der Waals surface area contributed by atoms with Crippen LogP contribution in [0.25, 0.3) is 32.9 Å². The van der Waals surface area contributed by atoms with Crippen LogP contribution in [0.4, 0.5) is 0 Å². The lowest BCUT2D eigenvalue weighted by atomic mass is 10.0. The zero-order valence-electron chi connectivity index (χ0n) is 11.3. The molecule has 0 radical (unpaired) electrons. The number of fused-ring (bicyclic) bond motifs is 2. The fourth-order valence-electron chi connectivity index (χ4n) is 2.68. The van der Waals surface area contributed by atoms with E-state index < -0.39 is 0 Å². The van der Waals surface area contributed by atoms with Crippen molar-refractivity contribution in [2.24, 2.45) is 0 Å². The monoisotopic (exact) mass is 271 g/mol. The van der Waals surface area contributed by atoms with Gasteiger partial charge < -0.3 is 5.11 Å². The van der Waals surface area contributed by atoms with Gasteiger partial charge >= 0.3 is 0 Å². The summed E-state index contributed by atoms with van der Waals surface area (Å²) in [7, 11) is 0. The Labute approximate surface area is 122 Å². The average molecular weight is 271 g/mol. The van der Waals surface area contributed by atoms with Crippen LogP contribution in [0.3, 0.4) is 0 Å². The number of para-hydroxylation sites is 1. The summed E-state index contributed by atoms with van der Waals surface area (Å²) in [6.45, 7) is 0. The van der Waals surface area contributed by atoms with Crippen LogP contribution in [-0.2, 0) is 0 Å². The minimum absolute atomic E-state index is 0.289. The van der Waals surface area contributed by atoms with Gasteiger partial charge in [-0.25, -0.2) is 4.98 Å². The Morgan fingerprint density at radius 3 is 2.33 bits per heavy atom. The highest BCUT2D eigenvalue weighted by atomic mass is 16.3. The molecule has 0 spiro atoms. The van der Waals surface area contributed by atoms with Crippen molar-refractivity contribution in [1.29, 1.82) is 0 Å². The quantitative estimate of drug-likeness (QED) is 0.506. The number of benzene rings is 3. The first-order chi connectivity index (χ1) is 10.3. The first kappa shape index (κ1) is 11.9. The molecule has 2 nitrogen and oxygen atoms in total. The SMILES string of the molecule is Oc1c(-c2ccccc2)ccc2nc3ccccc3cc12. The van der Waals surface area contributed by atoms with E-state index >= 15 is 0 Å². The smallest absolute Gasteiger partial charge is 0.132 e. The molecule has 21 heavy (non-hydrogen) atoms. The highest BCUT2D eigenvalue weighted by Crippen LogP contribution is 2.36. The molecule has 1 N–H and O–H groups in total. The maximum atomic E-state index is 10.6.